The molecule has 0 aromatic heterocycles. The van der Waals surface area contributed by atoms with Gasteiger partial charge in [-0.3, -0.25) is 4.79 Å². The summed E-state index contributed by atoms with van der Waals surface area (Å²) in [5.74, 6) is 0.263. The van der Waals surface area contributed by atoms with Crippen molar-refractivity contribution in [1.82, 2.24) is 4.90 Å². The summed E-state index contributed by atoms with van der Waals surface area (Å²) in [5.41, 5.74) is 5.30. The zero-order valence-electron chi connectivity index (χ0n) is 15.9. The number of amides is 1. The average Bonchev–Trinajstić information content (AvgIpc) is 2.86. The Labute approximate surface area is 161 Å². The first-order valence-electron chi connectivity index (χ1n) is 9.81. The second-order valence-corrected chi connectivity index (χ2v) is 7.50. The summed E-state index contributed by atoms with van der Waals surface area (Å²) in [6.07, 6.45) is 2.52. The second-order valence-electron chi connectivity index (χ2n) is 7.50. The predicted molar refractivity (Wildman–Crippen MR) is 105 cm³/mol. The first kappa shape index (κ1) is 18.2. The number of carbonyl (C=O) groups excluding carboxylic acids is 1. The molecule has 27 heavy (non-hydrogen) atoms. The van der Waals surface area contributed by atoms with Crippen LogP contribution in [0.5, 0.6) is 0 Å². The molecule has 0 saturated carbocycles. The fourth-order valence-corrected chi connectivity index (χ4v) is 4.24. The molecule has 0 radical (unpaired) electrons. The number of benzene rings is 2. The molecule has 0 bridgehead atoms. The molecule has 0 N–H and O–H groups in total. The van der Waals surface area contributed by atoms with E-state index in [2.05, 4.69) is 48.5 Å². The van der Waals surface area contributed by atoms with E-state index in [1.807, 2.05) is 7.05 Å². The molecule has 4 rings (SSSR count). The van der Waals surface area contributed by atoms with Crippen LogP contribution in [0.25, 0.3) is 0 Å². The van der Waals surface area contributed by atoms with Gasteiger partial charge in [0.2, 0.25) is 5.91 Å². The Bertz CT molecular complexity index is 750. The normalized spacial score (nSPS) is 19.7. The van der Waals surface area contributed by atoms with Gasteiger partial charge in [-0.25, -0.2) is 0 Å². The van der Waals surface area contributed by atoms with E-state index < -0.39 is 0 Å². The standard InChI is InChI=1S/C23H27NO3/c1-24(15-19-16-26-12-13-27-19)23(25)14-22-20-8-4-2-6-17(20)10-11-18-7-3-5-9-21(18)22/h2-9,19,22H,10-16H2,1H3. The van der Waals surface area contributed by atoms with Crippen molar-refractivity contribution in [3.63, 3.8) is 0 Å². The van der Waals surface area contributed by atoms with Crippen molar-refractivity contribution in [3.8, 4) is 0 Å². The van der Waals surface area contributed by atoms with E-state index in [0.717, 1.165) is 12.8 Å². The van der Waals surface area contributed by atoms with Gasteiger partial charge in [-0.15, -0.1) is 0 Å². The molecule has 1 aliphatic heterocycles. The molecule has 4 nitrogen and oxygen atoms in total. The molecule has 1 saturated heterocycles. The van der Waals surface area contributed by atoms with Gasteiger partial charge in [-0.05, 0) is 35.1 Å². The van der Waals surface area contributed by atoms with Gasteiger partial charge < -0.3 is 14.4 Å². The van der Waals surface area contributed by atoms with Gasteiger partial charge in [-0.1, -0.05) is 48.5 Å². The van der Waals surface area contributed by atoms with Crippen LogP contribution < -0.4 is 0 Å². The lowest BCUT2D eigenvalue weighted by atomic mass is 9.85. The van der Waals surface area contributed by atoms with Gasteiger partial charge >= 0.3 is 0 Å². The molecule has 2 aromatic carbocycles. The molecular weight excluding hydrogens is 338 g/mol. The Morgan fingerprint density at radius 1 is 1.00 bits per heavy atom. The summed E-state index contributed by atoms with van der Waals surface area (Å²) in [5, 5.41) is 0. The molecule has 2 aliphatic rings. The molecule has 1 atom stereocenters. The van der Waals surface area contributed by atoms with Crippen LogP contribution in [-0.4, -0.2) is 50.3 Å². The number of fused-ring (bicyclic) bond motifs is 2. The number of rotatable bonds is 4. The predicted octanol–water partition coefficient (Wildman–Crippen LogP) is 3.18. The van der Waals surface area contributed by atoms with Crippen LogP contribution in [0.1, 0.15) is 34.6 Å². The Balaban J connectivity index is 1.56. The van der Waals surface area contributed by atoms with Crippen molar-refractivity contribution in [1.29, 1.82) is 0 Å². The minimum atomic E-state index is -0.0265. The average molecular weight is 365 g/mol. The first-order chi connectivity index (χ1) is 13.2. The third-order valence-corrected chi connectivity index (χ3v) is 5.69. The highest BCUT2D eigenvalue weighted by Crippen LogP contribution is 2.36. The Morgan fingerprint density at radius 3 is 2.22 bits per heavy atom. The van der Waals surface area contributed by atoms with Crippen LogP contribution in [0, 0.1) is 0 Å². The lowest BCUT2D eigenvalue weighted by molar-refractivity contribution is -0.136. The van der Waals surface area contributed by atoms with Gasteiger partial charge in [0.1, 0.15) is 0 Å². The fraction of sp³-hybridized carbons (Fsp3) is 0.435. The van der Waals surface area contributed by atoms with Crippen LogP contribution in [0.3, 0.4) is 0 Å². The Hall–Kier alpha value is -2.17. The highest BCUT2D eigenvalue weighted by atomic mass is 16.6. The monoisotopic (exact) mass is 365 g/mol. The summed E-state index contributed by atoms with van der Waals surface area (Å²) < 4.78 is 11.2. The van der Waals surface area contributed by atoms with Gasteiger partial charge in [-0.2, -0.15) is 0 Å². The second kappa shape index (κ2) is 8.24. The van der Waals surface area contributed by atoms with Crippen LogP contribution in [-0.2, 0) is 27.1 Å². The van der Waals surface area contributed by atoms with Gasteiger partial charge in [0.15, 0.2) is 0 Å². The van der Waals surface area contributed by atoms with Crippen LogP contribution in [0.4, 0.5) is 0 Å². The largest absolute Gasteiger partial charge is 0.376 e. The molecular formula is C23H27NO3. The van der Waals surface area contributed by atoms with Gasteiger partial charge in [0.25, 0.3) is 0 Å². The lowest BCUT2D eigenvalue weighted by Crippen LogP contribution is -2.41. The summed E-state index contributed by atoms with van der Waals surface area (Å²) in [4.78, 5) is 14.8. The molecule has 2 aromatic rings. The summed E-state index contributed by atoms with van der Waals surface area (Å²) >= 11 is 0. The Morgan fingerprint density at radius 2 is 1.63 bits per heavy atom. The number of carbonyl (C=O) groups is 1. The molecule has 1 aliphatic carbocycles. The molecule has 1 unspecified atom stereocenters. The molecule has 1 heterocycles. The highest BCUT2D eigenvalue weighted by Gasteiger charge is 2.27. The number of hydrogen-bond donors (Lipinski definition) is 0. The van der Waals surface area contributed by atoms with Crippen LogP contribution >= 0.6 is 0 Å². The van der Waals surface area contributed by atoms with Crippen molar-refractivity contribution in [2.24, 2.45) is 0 Å². The minimum Gasteiger partial charge on any atom is -0.376 e. The highest BCUT2D eigenvalue weighted by molar-refractivity contribution is 5.78. The van der Waals surface area contributed by atoms with Crippen LogP contribution in [0.2, 0.25) is 0 Å². The first-order valence-corrected chi connectivity index (χ1v) is 9.81. The van der Waals surface area contributed by atoms with Gasteiger partial charge in [0, 0.05) is 25.9 Å². The van der Waals surface area contributed by atoms with Crippen molar-refractivity contribution in [2.75, 3.05) is 33.4 Å². The smallest absolute Gasteiger partial charge is 0.223 e. The quantitative estimate of drug-likeness (QED) is 0.835. The zero-order chi connectivity index (χ0) is 18.6. The number of hydrogen-bond acceptors (Lipinski definition) is 3. The number of nitrogens with zero attached hydrogens (tertiary/aromatic N) is 1. The van der Waals surface area contributed by atoms with Crippen molar-refractivity contribution < 1.29 is 14.3 Å². The third-order valence-electron chi connectivity index (χ3n) is 5.69. The van der Waals surface area contributed by atoms with E-state index in [1.54, 1.807) is 4.90 Å². The number of likely N-dealkylation sites (N-methyl/N-ethyl adjacent to an activating group) is 1. The maximum Gasteiger partial charge on any atom is 0.223 e. The van der Waals surface area contributed by atoms with Crippen molar-refractivity contribution >= 4 is 5.91 Å². The van der Waals surface area contributed by atoms with Gasteiger partial charge in [0.05, 0.1) is 25.9 Å². The summed E-state index contributed by atoms with van der Waals surface area (Å²) in [6, 6.07) is 17.1. The van der Waals surface area contributed by atoms with E-state index in [9.17, 15) is 4.79 Å². The Kier molecular flexibility index (Phi) is 5.55. The van der Waals surface area contributed by atoms with Crippen molar-refractivity contribution in [3.05, 3.63) is 70.8 Å². The molecule has 0 spiro atoms. The maximum absolute atomic E-state index is 13.0. The van der Waals surface area contributed by atoms with E-state index in [0.29, 0.717) is 32.8 Å². The molecule has 1 amide bonds. The maximum atomic E-state index is 13.0. The number of aryl methyl sites for hydroxylation is 2. The molecule has 1 fully saturated rings. The topological polar surface area (TPSA) is 38.8 Å². The minimum absolute atomic E-state index is 0.0265. The third kappa shape index (κ3) is 4.07. The molecule has 142 valence electrons. The van der Waals surface area contributed by atoms with Crippen LogP contribution in [0.15, 0.2) is 48.5 Å². The number of ether oxygens (including phenoxy) is 2. The lowest BCUT2D eigenvalue weighted by Gasteiger charge is -2.29. The summed E-state index contributed by atoms with van der Waals surface area (Å²) in [6.45, 7) is 2.39. The van der Waals surface area contributed by atoms with E-state index in [-0.39, 0.29) is 17.9 Å². The van der Waals surface area contributed by atoms with E-state index in [4.69, 9.17) is 9.47 Å². The van der Waals surface area contributed by atoms with E-state index >= 15 is 0 Å². The summed E-state index contributed by atoms with van der Waals surface area (Å²) in [7, 11) is 1.87. The fourth-order valence-electron chi connectivity index (χ4n) is 4.24. The SMILES string of the molecule is CN(CC1COCCO1)C(=O)CC1c2ccccc2CCc2ccccc21. The molecule has 4 heteroatoms. The van der Waals surface area contributed by atoms with E-state index in [1.165, 1.54) is 22.3 Å². The zero-order valence-corrected chi connectivity index (χ0v) is 15.9. The van der Waals surface area contributed by atoms with Crippen molar-refractivity contribution in [2.45, 2.75) is 31.3 Å².